The molecule has 8 nitrogen and oxygen atoms in total. The Labute approximate surface area is 167 Å². The van der Waals surface area contributed by atoms with Crippen molar-refractivity contribution in [1.29, 1.82) is 0 Å². The Kier molecular flexibility index (Phi) is 6.36. The monoisotopic (exact) mass is 407 g/mol. The fraction of sp³-hybridized carbons (Fsp3) is 0.579. The summed E-state index contributed by atoms with van der Waals surface area (Å²) in [6.07, 6.45) is 1.96. The average molecular weight is 408 g/mol. The number of benzene rings is 1. The summed E-state index contributed by atoms with van der Waals surface area (Å²) < 4.78 is 33.7. The second-order valence-electron chi connectivity index (χ2n) is 7.62. The smallest absolute Gasteiger partial charge is 0.209 e. The highest BCUT2D eigenvalue weighted by molar-refractivity contribution is 7.88. The first-order chi connectivity index (χ1) is 13.3. The van der Waals surface area contributed by atoms with Crippen LogP contribution in [0, 0.1) is 5.92 Å². The number of ether oxygens (including phenoxy) is 1. The van der Waals surface area contributed by atoms with Gasteiger partial charge < -0.3 is 9.30 Å². The number of nitrogens with one attached hydrogen (secondary N) is 1. The van der Waals surface area contributed by atoms with E-state index in [1.165, 1.54) is 11.8 Å². The molecule has 0 fully saturated rings. The molecule has 1 aromatic carbocycles. The molecule has 2 aromatic rings. The van der Waals surface area contributed by atoms with Gasteiger partial charge in [0.2, 0.25) is 10.0 Å². The maximum atomic E-state index is 11.8. The van der Waals surface area contributed by atoms with E-state index < -0.39 is 10.0 Å². The van der Waals surface area contributed by atoms with Gasteiger partial charge in [0.15, 0.2) is 5.82 Å². The van der Waals surface area contributed by atoms with Gasteiger partial charge in [-0.05, 0) is 23.6 Å². The highest BCUT2D eigenvalue weighted by Gasteiger charge is 2.28. The molecule has 1 aromatic heterocycles. The normalized spacial score (nSPS) is 16.6. The van der Waals surface area contributed by atoms with Gasteiger partial charge in [-0.2, -0.15) is 0 Å². The molecule has 9 heteroatoms. The lowest BCUT2D eigenvalue weighted by atomic mass is 10.1. The van der Waals surface area contributed by atoms with Gasteiger partial charge >= 0.3 is 0 Å². The van der Waals surface area contributed by atoms with E-state index >= 15 is 0 Å². The first-order valence-electron chi connectivity index (χ1n) is 9.51. The summed E-state index contributed by atoms with van der Waals surface area (Å²) in [6.45, 7) is 7.25. The van der Waals surface area contributed by atoms with Gasteiger partial charge in [0.25, 0.3) is 0 Å². The number of methoxy groups -OCH3 is 1. The maximum Gasteiger partial charge on any atom is 0.209 e. The van der Waals surface area contributed by atoms with Crippen molar-refractivity contribution >= 4 is 10.0 Å². The van der Waals surface area contributed by atoms with E-state index in [0.717, 1.165) is 44.2 Å². The first-order valence-corrected chi connectivity index (χ1v) is 11.4. The minimum absolute atomic E-state index is 0.0687. The van der Waals surface area contributed by atoms with Crippen molar-refractivity contribution < 1.29 is 13.2 Å². The molecule has 0 unspecified atom stereocenters. The van der Waals surface area contributed by atoms with Crippen molar-refractivity contribution in [2.75, 3.05) is 26.5 Å². The molecule has 1 aliphatic rings. The molecular formula is C19H29N5O3S. The van der Waals surface area contributed by atoms with Gasteiger partial charge in [-0.25, -0.2) is 13.1 Å². The number of rotatable bonds is 7. The predicted molar refractivity (Wildman–Crippen MR) is 108 cm³/mol. The van der Waals surface area contributed by atoms with Crippen LogP contribution in [0.3, 0.4) is 0 Å². The minimum atomic E-state index is -3.34. The Balaban J connectivity index is 1.75. The van der Waals surface area contributed by atoms with E-state index in [1.54, 1.807) is 7.11 Å². The van der Waals surface area contributed by atoms with Gasteiger partial charge in [0.05, 0.1) is 19.4 Å². The molecule has 28 heavy (non-hydrogen) atoms. The summed E-state index contributed by atoms with van der Waals surface area (Å²) in [6, 6.07) is 7.72. The molecule has 1 aliphatic heterocycles. The largest absolute Gasteiger partial charge is 0.497 e. The third kappa shape index (κ3) is 5.09. The number of fused-ring (bicyclic) bond motifs is 1. The predicted octanol–water partition coefficient (Wildman–Crippen LogP) is 1.59. The molecule has 1 N–H and O–H groups in total. The van der Waals surface area contributed by atoms with Crippen molar-refractivity contribution in [2.45, 2.75) is 39.4 Å². The summed E-state index contributed by atoms with van der Waals surface area (Å²) >= 11 is 0. The van der Waals surface area contributed by atoms with E-state index in [2.05, 4.69) is 36.5 Å². The number of aromatic nitrogens is 3. The summed E-state index contributed by atoms with van der Waals surface area (Å²) in [5, 5.41) is 8.68. The summed E-state index contributed by atoms with van der Waals surface area (Å²) in [4.78, 5) is 2.38. The molecule has 0 saturated carbocycles. The minimum Gasteiger partial charge on any atom is -0.497 e. The Morgan fingerprint density at radius 1 is 1.21 bits per heavy atom. The number of hydrogen-bond donors (Lipinski definition) is 1. The van der Waals surface area contributed by atoms with Crippen LogP contribution in [0.15, 0.2) is 24.3 Å². The van der Waals surface area contributed by atoms with Crippen molar-refractivity contribution in [1.82, 2.24) is 24.4 Å². The van der Waals surface area contributed by atoms with E-state index in [4.69, 9.17) is 4.74 Å². The average Bonchev–Trinajstić information content (AvgIpc) is 2.93. The van der Waals surface area contributed by atoms with Crippen LogP contribution < -0.4 is 9.46 Å². The molecule has 0 bridgehead atoms. The van der Waals surface area contributed by atoms with Crippen molar-refractivity contribution in [2.24, 2.45) is 5.92 Å². The quantitative estimate of drug-likeness (QED) is 0.750. The zero-order valence-corrected chi connectivity index (χ0v) is 17.7. The molecule has 1 atom stereocenters. The Bertz CT molecular complexity index is 910. The molecule has 0 radical (unpaired) electrons. The van der Waals surface area contributed by atoms with Crippen molar-refractivity contribution in [3.8, 4) is 5.75 Å². The molecule has 0 spiro atoms. The SMILES string of the molecule is COc1cccc(CN2CCc3nnc([C@H](NS(C)(=O)=O)C(C)C)n3CC2)c1. The third-order valence-electron chi connectivity index (χ3n) is 4.97. The molecular weight excluding hydrogens is 378 g/mol. The Hall–Kier alpha value is -1.97. The summed E-state index contributed by atoms with van der Waals surface area (Å²) in [7, 11) is -1.67. The van der Waals surface area contributed by atoms with Gasteiger partial charge in [-0.1, -0.05) is 26.0 Å². The lowest BCUT2D eigenvalue weighted by Crippen LogP contribution is -2.33. The molecule has 0 amide bonds. The molecule has 2 heterocycles. The van der Waals surface area contributed by atoms with Crippen LogP contribution in [0.5, 0.6) is 5.75 Å². The lowest BCUT2D eigenvalue weighted by Gasteiger charge is -2.22. The number of nitrogens with zero attached hydrogens (tertiary/aromatic N) is 4. The van der Waals surface area contributed by atoms with Crippen LogP contribution in [0.25, 0.3) is 0 Å². The van der Waals surface area contributed by atoms with Crippen LogP contribution in [-0.2, 0) is 29.5 Å². The van der Waals surface area contributed by atoms with E-state index in [9.17, 15) is 8.42 Å². The van der Waals surface area contributed by atoms with Crippen molar-refractivity contribution in [3.05, 3.63) is 41.5 Å². The van der Waals surface area contributed by atoms with Crippen molar-refractivity contribution in [3.63, 3.8) is 0 Å². The standard InChI is InChI=1S/C19H29N5O3S/c1-14(2)18(22-28(4,25)26)19-21-20-17-8-9-23(10-11-24(17)19)13-15-6-5-7-16(12-15)27-3/h5-7,12,14,18,22H,8-11,13H2,1-4H3/t18-/m1/s1. The van der Waals surface area contributed by atoms with Crippen LogP contribution in [0.4, 0.5) is 0 Å². The zero-order chi connectivity index (χ0) is 20.3. The topological polar surface area (TPSA) is 89.3 Å². The summed E-state index contributed by atoms with van der Waals surface area (Å²) in [5.41, 5.74) is 1.20. The number of hydrogen-bond acceptors (Lipinski definition) is 6. The lowest BCUT2D eigenvalue weighted by molar-refractivity contribution is 0.268. The highest BCUT2D eigenvalue weighted by Crippen LogP contribution is 2.23. The fourth-order valence-electron chi connectivity index (χ4n) is 3.52. The van der Waals surface area contributed by atoms with E-state index in [0.29, 0.717) is 5.82 Å². The Morgan fingerprint density at radius 3 is 2.68 bits per heavy atom. The summed E-state index contributed by atoms with van der Waals surface area (Å²) in [5.74, 6) is 2.53. The molecule has 3 rings (SSSR count). The Morgan fingerprint density at radius 2 is 2.00 bits per heavy atom. The van der Waals surface area contributed by atoms with E-state index in [1.807, 2.05) is 26.0 Å². The third-order valence-corrected chi connectivity index (χ3v) is 5.66. The van der Waals surface area contributed by atoms with Gasteiger partial charge in [-0.3, -0.25) is 4.90 Å². The van der Waals surface area contributed by atoms with Gasteiger partial charge in [0, 0.05) is 32.6 Å². The molecule has 0 saturated heterocycles. The zero-order valence-electron chi connectivity index (χ0n) is 16.9. The number of sulfonamides is 1. The van der Waals surface area contributed by atoms with Gasteiger partial charge in [0.1, 0.15) is 11.6 Å². The second-order valence-corrected chi connectivity index (χ2v) is 9.40. The van der Waals surface area contributed by atoms with Crippen LogP contribution in [-0.4, -0.2) is 54.5 Å². The van der Waals surface area contributed by atoms with Crippen LogP contribution >= 0.6 is 0 Å². The maximum absolute atomic E-state index is 11.8. The van der Waals surface area contributed by atoms with Crippen LogP contribution in [0.2, 0.25) is 0 Å². The molecule has 0 aliphatic carbocycles. The van der Waals surface area contributed by atoms with Gasteiger partial charge in [-0.15, -0.1) is 10.2 Å². The van der Waals surface area contributed by atoms with E-state index in [-0.39, 0.29) is 12.0 Å². The highest BCUT2D eigenvalue weighted by atomic mass is 32.2. The van der Waals surface area contributed by atoms with Crippen LogP contribution in [0.1, 0.15) is 37.1 Å². The second kappa shape index (κ2) is 8.59. The fourth-order valence-corrected chi connectivity index (χ4v) is 4.36. The molecule has 154 valence electrons. The first kappa shape index (κ1) is 20.8.